The lowest BCUT2D eigenvalue weighted by Gasteiger charge is -2.40. The van der Waals surface area contributed by atoms with Gasteiger partial charge in [-0.15, -0.1) is 0 Å². The van der Waals surface area contributed by atoms with Crippen molar-refractivity contribution in [2.75, 3.05) is 52.4 Å². The first-order chi connectivity index (χ1) is 13.2. The number of piperazine rings is 2. The molecule has 0 atom stereocenters. The molecule has 0 aromatic carbocycles. The fourth-order valence-electron chi connectivity index (χ4n) is 3.02. The summed E-state index contributed by atoms with van der Waals surface area (Å²) in [4.78, 5) is 27.3. The van der Waals surface area contributed by atoms with E-state index in [4.69, 9.17) is 9.47 Å². The van der Waals surface area contributed by atoms with Gasteiger partial charge >= 0.3 is 12.2 Å². The van der Waals surface area contributed by atoms with Crippen LogP contribution in [0.25, 0.3) is 0 Å². The molecule has 168 valence electrons. The van der Waals surface area contributed by atoms with Crippen molar-refractivity contribution in [1.82, 2.24) is 18.4 Å². The number of amides is 2. The van der Waals surface area contributed by atoms with E-state index in [1.54, 1.807) is 41.5 Å². The molecule has 0 aliphatic carbocycles. The second-order valence-electron chi connectivity index (χ2n) is 9.24. The highest BCUT2D eigenvalue weighted by Crippen LogP contribution is 2.18. The van der Waals surface area contributed by atoms with Gasteiger partial charge in [0, 0.05) is 52.4 Å². The van der Waals surface area contributed by atoms with E-state index in [-0.39, 0.29) is 52.4 Å². The van der Waals surface area contributed by atoms with Crippen LogP contribution in [-0.2, 0) is 19.7 Å². The summed E-state index contributed by atoms with van der Waals surface area (Å²) in [5, 5.41) is 0. The molecular formula is C18H34N4O6S. The molecule has 2 heterocycles. The molecular weight excluding hydrogens is 400 g/mol. The van der Waals surface area contributed by atoms with E-state index in [0.29, 0.717) is 0 Å². The maximum Gasteiger partial charge on any atom is 0.410 e. The second-order valence-corrected chi connectivity index (χ2v) is 11.2. The molecule has 11 heteroatoms. The topological polar surface area (TPSA) is 99.7 Å². The van der Waals surface area contributed by atoms with Crippen LogP contribution in [0.1, 0.15) is 41.5 Å². The van der Waals surface area contributed by atoms with E-state index in [1.807, 2.05) is 0 Å². The smallest absolute Gasteiger partial charge is 0.410 e. The molecule has 0 bridgehead atoms. The molecule has 2 amide bonds. The molecule has 2 saturated heterocycles. The first kappa shape index (κ1) is 23.7. The van der Waals surface area contributed by atoms with Crippen molar-refractivity contribution < 1.29 is 27.5 Å². The summed E-state index contributed by atoms with van der Waals surface area (Å²) in [6.07, 6.45) is -0.860. The van der Waals surface area contributed by atoms with Gasteiger partial charge in [0.25, 0.3) is 10.2 Å². The van der Waals surface area contributed by atoms with Crippen molar-refractivity contribution in [2.24, 2.45) is 0 Å². The number of nitrogens with zero attached hydrogens (tertiary/aromatic N) is 4. The Morgan fingerprint density at radius 3 is 1.14 bits per heavy atom. The quantitative estimate of drug-likeness (QED) is 0.650. The van der Waals surface area contributed by atoms with Crippen molar-refractivity contribution in [3.63, 3.8) is 0 Å². The van der Waals surface area contributed by atoms with Gasteiger partial charge in [0.05, 0.1) is 0 Å². The first-order valence-electron chi connectivity index (χ1n) is 9.90. The summed E-state index contributed by atoms with van der Waals surface area (Å²) in [6, 6.07) is 0. The average Bonchev–Trinajstić information content (AvgIpc) is 2.59. The van der Waals surface area contributed by atoms with Gasteiger partial charge < -0.3 is 19.3 Å². The zero-order valence-corrected chi connectivity index (χ0v) is 19.1. The first-order valence-corrected chi connectivity index (χ1v) is 11.3. The molecule has 0 unspecified atom stereocenters. The second kappa shape index (κ2) is 8.65. The number of carbonyl (C=O) groups is 2. The molecule has 2 fully saturated rings. The van der Waals surface area contributed by atoms with Gasteiger partial charge in [-0.2, -0.15) is 17.0 Å². The van der Waals surface area contributed by atoms with Gasteiger partial charge in [0.1, 0.15) is 11.2 Å². The monoisotopic (exact) mass is 434 g/mol. The Morgan fingerprint density at radius 1 is 0.621 bits per heavy atom. The molecule has 0 N–H and O–H groups in total. The van der Waals surface area contributed by atoms with E-state index in [0.717, 1.165) is 0 Å². The van der Waals surface area contributed by atoms with E-state index in [1.165, 1.54) is 18.4 Å². The molecule has 0 spiro atoms. The Balaban J connectivity index is 1.87. The molecule has 0 radical (unpaired) electrons. The lowest BCUT2D eigenvalue weighted by Crippen LogP contribution is -2.58. The van der Waals surface area contributed by atoms with Crippen LogP contribution >= 0.6 is 0 Å². The SMILES string of the molecule is CC(C)(C)OC(=O)N1CCN(S(=O)(=O)N2CCN(C(=O)OC(C)(C)C)CC2)CC1. The highest BCUT2D eigenvalue weighted by molar-refractivity contribution is 7.86. The number of ether oxygens (including phenoxy) is 2. The molecule has 2 aliphatic rings. The molecule has 0 aromatic rings. The van der Waals surface area contributed by atoms with E-state index in [2.05, 4.69) is 0 Å². The summed E-state index contributed by atoms with van der Waals surface area (Å²) in [7, 11) is -3.64. The molecule has 29 heavy (non-hydrogen) atoms. The normalized spacial score (nSPS) is 20.5. The highest BCUT2D eigenvalue weighted by Gasteiger charge is 2.37. The predicted octanol–water partition coefficient (Wildman–Crippen LogP) is 1.34. The Bertz CT molecular complexity index is 643. The lowest BCUT2D eigenvalue weighted by molar-refractivity contribution is 0.0178. The van der Waals surface area contributed by atoms with Gasteiger partial charge in [-0.3, -0.25) is 0 Å². The van der Waals surface area contributed by atoms with Crippen molar-refractivity contribution in [3.05, 3.63) is 0 Å². The van der Waals surface area contributed by atoms with Gasteiger partial charge in [0.2, 0.25) is 0 Å². The fourth-order valence-corrected chi connectivity index (χ4v) is 4.60. The van der Waals surface area contributed by atoms with Crippen molar-refractivity contribution >= 4 is 22.4 Å². The zero-order chi connectivity index (χ0) is 22.0. The number of hydrogen-bond donors (Lipinski definition) is 0. The third-order valence-corrected chi connectivity index (χ3v) is 6.47. The van der Waals surface area contributed by atoms with Crippen molar-refractivity contribution in [2.45, 2.75) is 52.7 Å². The van der Waals surface area contributed by atoms with Crippen LogP contribution in [0.2, 0.25) is 0 Å². The molecule has 2 aliphatic heterocycles. The minimum atomic E-state index is -3.64. The van der Waals surface area contributed by atoms with Crippen LogP contribution in [0.4, 0.5) is 9.59 Å². The minimum absolute atomic E-state index is 0.216. The third-order valence-electron chi connectivity index (χ3n) is 4.43. The van der Waals surface area contributed by atoms with Crippen LogP contribution in [0, 0.1) is 0 Å². The Hall–Kier alpha value is -1.59. The van der Waals surface area contributed by atoms with Crippen LogP contribution in [-0.4, -0.2) is 103 Å². The number of carbonyl (C=O) groups excluding carboxylic acids is 2. The molecule has 2 rings (SSSR count). The zero-order valence-electron chi connectivity index (χ0n) is 18.3. The predicted molar refractivity (Wildman–Crippen MR) is 108 cm³/mol. The van der Waals surface area contributed by atoms with Crippen LogP contribution < -0.4 is 0 Å². The third kappa shape index (κ3) is 6.71. The molecule has 0 aromatic heterocycles. The number of hydrogen-bond acceptors (Lipinski definition) is 6. The number of rotatable bonds is 2. The standard InChI is InChI=1S/C18H34N4O6S/c1-17(2,3)27-15(23)19-7-11-21(12-8-19)29(25,26)22-13-9-20(10-14-22)16(24)28-18(4,5)6/h7-14H2,1-6H3. The fraction of sp³-hybridized carbons (Fsp3) is 0.889. The summed E-state index contributed by atoms with van der Waals surface area (Å²) in [6.45, 7) is 12.8. The van der Waals surface area contributed by atoms with Crippen LogP contribution in [0.15, 0.2) is 0 Å². The summed E-state index contributed by atoms with van der Waals surface area (Å²) in [5.41, 5.74) is -1.18. The Labute approximate surface area is 173 Å². The van der Waals surface area contributed by atoms with Crippen LogP contribution in [0.5, 0.6) is 0 Å². The lowest BCUT2D eigenvalue weighted by atomic mass is 10.2. The molecule has 10 nitrogen and oxygen atoms in total. The summed E-state index contributed by atoms with van der Waals surface area (Å²) >= 11 is 0. The minimum Gasteiger partial charge on any atom is -0.444 e. The van der Waals surface area contributed by atoms with Gasteiger partial charge in [-0.25, -0.2) is 9.59 Å². The largest absolute Gasteiger partial charge is 0.444 e. The average molecular weight is 435 g/mol. The van der Waals surface area contributed by atoms with Gasteiger partial charge in [-0.1, -0.05) is 0 Å². The Kier molecular flexibility index (Phi) is 7.06. The summed E-state index contributed by atoms with van der Waals surface area (Å²) in [5.74, 6) is 0. The van der Waals surface area contributed by atoms with Crippen molar-refractivity contribution in [1.29, 1.82) is 0 Å². The maximum atomic E-state index is 12.9. The van der Waals surface area contributed by atoms with Gasteiger partial charge in [0.15, 0.2) is 0 Å². The van der Waals surface area contributed by atoms with E-state index < -0.39 is 33.6 Å². The molecule has 0 saturated carbocycles. The van der Waals surface area contributed by atoms with E-state index >= 15 is 0 Å². The van der Waals surface area contributed by atoms with Crippen LogP contribution in [0.3, 0.4) is 0 Å². The van der Waals surface area contributed by atoms with E-state index in [9.17, 15) is 18.0 Å². The Morgan fingerprint density at radius 2 is 0.897 bits per heavy atom. The summed E-state index contributed by atoms with van der Waals surface area (Å²) < 4.78 is 39.3. The van der Waals surface area contributed by atoms with Crippen molar-refractivity contribution in [3.8, 4) is 0 Å². The highest BCUT2D eigenvalue weighted by atomic mass is 32.2. The van der Waals surface area contributed by atoms with Gasteiger partial charge in [-0.05, 0) is 41.5 Å². The maximum absolute atomic E-state index is 12.9.